The van der Waals surface area contributed by atoms with Crippen LogP contribution in [0.3, 0.4) is 0 Å². The first kappa shape index (κ1) is 24.5. The maximum absolute atomic E-state index is 14.1. The summed E-state index contributed by atoms with van der Waals surface area (Å²) in [6, 6.07) is 17.8. The fourth-order valence-electron chi connectivity index (χ4n) is 3.88. The quantitative estimate of drug-likeness (QED) is 0.248. The van der Waals surface area contributed by atoms with Crippen LogP contribution in [0.25, 0.3) is 16.9 Å². The number of aromatic carboxylic acids is 1. The number of nitrogens with one attached hydrogen (secondary N) is 1. The Hall–Kier alpha value is -3.65. The van der Waals surface area contributed by atoms with Gasteiger partial charge in [0, 0.05) is 45.3 Å². The molecule has 0 unspecified atom stereocenters. The number of nitrogens with zero attached hydrogens (tertiary/aromatic N) is 1. The maximum Gasteiger partial charge on any atom is 0.335 e. The maximum atomic E-state index is 14.1. The normalized spacial score (nSPS) is 10.9. The van der Waals surface area contributed by atoms with Crippen molar-refractivity contribution >= 4 is 27.6 Å². The molecular weight excluding hydrogens is 518 g/mol. The molecule has 4 rings (SSSR count). The van der Waals surface area contributed by atoms with Crippen molar-refractivity contribution in [2.24, 2.45) is 0 Å². The molecule has 2 N–H and O–H groups in total. The number of rotatable bonds is 8. The van der Waals surface area contributed by atoms with Gasteiger partial charge in [0.15, 0.2) is 0 Å². The molecule has 4 aromatic rings. The van der Waals surface area contributed by atoms with Crippen molar-refractivity contribution in [3.05, 3.63) is 99.7 Å². The Balaban J connectivity index is 1.79. The number of anilines is 1. The molecule has 0 aliphatic rings. The van der Waals surface area contributed by atoms with Crippen molar-refractivity contribution in [3.8, 4) is 22.7 Å². The summed E-state index contributed by atoms with van der Waals surface area (Å²) in [5.74, 6) is -1.85. The van der Waals surface area contributed by atoms with Gasteiger partial charge in [-0.25, -0.2) is 13.6 Å². The molecule has 180 valence electrons. The Morgan fingerprint density at radius 2 is 1.86 bits per heavy atom. The van der Waals surface area contributed by atoms with Gasteiger partial charge >= 0.3 is 5.97 Å². The van der Waals surface area contributed by atoms with Crippen LogP contribution in [0.15, 0.2) is 71.2 Å². The summed E-state index contributed by atoms with van der Waals surface area (Å²) in [6.45, 7) is 4.42. The molecular formula is C27H23BrF2N2O3. The lowest BCUT2D eigenvalue weighted by molar-refractivity contribution is 0.0697. The average molecular weight is 541 g/mol. The molecule has 0 saturated heterocycles. The van der Waals surface area contributed by atoms with E-state index in [1.165, 1.54) is 12.1 Å². The molecule has 0 amide bonds. The average Bonchev–Trinajstić information content (AvgIpc) is 3.20. The van der Waals surface area contributed by atoms with Crippen molar-refractivity contribution in [1.29, 1.82) is 0 Å². The predicted molar refractivity (Wildman–Crippen MR) is 135 cm³/mol. The smallest absolute Gasteiger partial charge is 0.335 e. The molecule has 0 radical (unpaired) electrons. The zero-order valence-corrected chi connectivity index (χ0v) is 20.7. The van der Waals surface area contributed by atoms with Gasteiger partial charge < -0.3 is 19.7 Å². The van der Waals surface area contributed by atoms with E-state index in [1.807, 2.05) is 48.7 Å². The van der Waals surface area contributed by atoms with Gasteiger partial charge in [0.1, 0.15) is 24.0 Å². The molecule has 0 atom stereocenters. The molecule has 0 aliphatic heterocycles. The first-order valence-corrected chi connectivity index (χ1v) is 11.7. The van der Waals surface area contributed by atoms with Crippen molar-refractivity contribution < 1.29 is 23.4 Å². The summed E-state index contributed by atoms with van der Waals surface area (Å²) < 4.78 is 36.2. The van der Waals surface area contributed by atoms with Crippen LogP contribution >= 0.6 is 15.9 Å². The first-order chi connectivity index (χ1) is 16.8. The number of ether oxygens (including phenoxy) is 1. The lowest BCUT2D eigenvalue weighted by atomic mass is 10.1. The molecule has 0 saturated carbocycles. The number of hydrogen-bond acceptors (Lipinski definition) is 3. The van der Waals surface area contributed by atoms with Crippen LogP contribution in [0.4, 0.5) is 14.5 Å². The van der Waals surface area contributed by atoms with Crippen LogP contribution < -0.4 is 10.1 Å². The van der Waals surface area contributed by atoms with Crippen LogP contribution in [0.1, 0.15) is 28.5 Å². The van der Waals surface area contributed by atoms with Gasteiger partial charge in [-0.1, -0.05) is 15.9 Å². The molecule has 1 heterocycles. The van der Waals surface area contributed by atoms with Gasteiger partial charge in [-0.2, -0.15) is 0 Å². The largest absolute Gasteiger partial charge is 0.488 e. The Bertz CT molecular complexity index is 1400. The molecule has 5 nitrogen and oxygen atoms in total. The van der Waals surface area contributed by atoms with E-state index in [4.69, 9.17) is 4.74 Å². The number of carbonyl (C=O) groups is 1. The number of aryl methyl sites for hydroxylation is 1. The molecule has 0 bridgehead atoms. The minimum absolute atomic E-state index is 0.0838. The Labute approximate surface area is 210 Å². The summed E-state index contributed by atoms with van der Waals surface area (Å²) in [6.07, 6.45) is 0. The summed E-state index contributed by atoms with van der Waals surface area (Å²) in [4.78, 5) is 11.8. The molecule has 3 aromatic carbocycles. The molecule has 1 aromatic heterocycles. The Morgan fingerprint density at radius 3 is 2.57 bits per heavy atom. The van der Waals surface area contributed by atoms with E-state index in [1.54, 1.807) is 18.2 Å². The third-order valence-electron chi connectivity index (χ3n) is 5.50. The zero-order chi connectivity index (χ0) is 25.1. The standard InChI is InChI=1S/C27H23BrF2N2O3/c1-3-31-21-10-18(27(33)34)11-22(14-21)32-16(2)4-8-25(32)23-12-19(28)6-9-26(23)35-15-17-5-7-20(29)13-24(17)30/h4-14,31H,3,15H2,1-2H3,(H,33,34). The van der Waals surface area contributed by atoms with Crippen molar-refractivity contribution in [2.45, 2.75) is 20.5 Å². The molecule has 0 fully saturated rings. The van der Waals surface area contributed by atoms with Crippen LogP contribution in [0.5, 0.6) is 5.75 Å². The molecule has 0 aliphatic carbocycles. The minimum atomic E-state index is -1.02. The predicted octanol–water partition coefficient (Wildman–Crippen LogP) is 7.20. The summed E-state index contributed by atoms with van der Waals surface area (Å²) >= 11 is 3.51. The van der Waals surface area contributed by atoms with Gasteiger partial charge in [0.25, 0.3) is 0 Å². The van der Waals surface area contributed by atoms with E-state index in [-0.39, 0.29) is 17.7 Å². The second kappa shape index (κ2) is 10.3. The van der Waals surface area contributed by atoms with E-state index in [0.717, 1.165) is 27.5 Å². The lowest BCUT2D eigenvalue weighted by Crippen LogP contribution is -2.06. The molecule has 35 heavy (non-hydrogen) atoms. The highest BCUT2D eigenvalue weighted by Crippen LogP contribution is 2.37. The van der Waals surface area contributed by atoms with Crippen molar-refractivity contribution in [1.82, 2.24) is 4.57 Å². The van der Waals surface area contributed by atoms with Gasteiger partial charge in [-0.3, -0.25) is 0 Å². The number of carboxylic acids is 1. The number of aromatic nitrogens is 1. The second-order valence-electron chi connectivity index (χ2n) is 7.96. The third-order valence-corrected chi connectivity index (χ3v) is 5.99. The van der Waals surface area contributed by atoms with Crippen LogP contribution in [0, 0.1) is 18.6 Å². The van der Waals surface area contributed by atoms with Gasteiger partial charge in [-0.15, -0.1) is 0 Å². The molecule has 0 spiro atoms. The number of hydrogen-bond donors (Lipinski definition) is 2. The monoisotopic (exact) mass is 540 g/mol. The van der Waals surface area contributed by atoms with Crippen molar-refractivity contribution in [3.63, 3.8) is 0 Å². The highest BCUT2D eigenvalue weighted by Gasteiger charge is 2.17. The van der Waals surface area contributed by atoms with Gasteiger partial charge in [0.2, 0.25) is 0 Å². The molecule has 8 heteroatoms. The highest BCUT2D eigenvalue weighted by atomic mass is 79.9. The fraction of sp³-hybridized carbons (Fsp3) is 0.148. The Morgan fingerprint density at radius 1 is 1.06 bits per heavy atom. The number of benzene rings is 3. The highest BCUT2D eigenvalue weighted by molar-refractivity contribution is 9.10. The van der Waals surface area contributed by atoms with Crippen LogP contribution in [-0.2, 0) is 6.61 Å². The van der Waals surface area contributed by atoms with E-state index in [0.29, 0.717) is 23.7 Å². The van der Waals surface area contributed by atoms with E-state index in [9.17, 15) is 18.7 Å². The third kappa shape index (κ3) is 5.38. The van der Waals surface area contributed by atoms with E-state index >= 15 is 0 Å². The minimum Gasteiger partial charge on any atom is -0.488 e. The van der Waals surface area contributed by atoms with Crippen LogP contribution in [-0.4, -0.2) is 22.2 Å². The zero-order valence-electron chi connectivity index (χ0n) is 19.1. The van der Waals surface area contributed by atoms with Crippen LogP contribution in [0.2, 0.25) is 0 Å². The van der Waals surface area contributed by atoms with Gasteiger partial charge in [0.05, 0.1) is 11.3 Å². The SMILES string of the molecule is CCNc1cc(C(=O)O)cc(-n2c(C)ccc2-c2cc(Br)ccc2OCc2ccc(F)cc2F)c1. The number of carboxylic acid groups (broad SMARTS) is 1. The van der Waals surface area contributed by atoms with E-state index in [2.05, 4.69) is 21.2 Å². The fourth-order valence-corrected chi connectivity index (χ4v) is 4.25. The van der Waals surface area contributed by atoms with Crippen molar-refractivity contribution in [2.75, 3.05) is 11.9 Å². The van der Waals surface area contributed by atoms with E-state index < -0.39 is 17.6 Å². The first-order valence-electron chi connectivity index (χ1n) is 10.9. The summed E-state index contributed by atoms with van der Waals surface area (Å²) in [7, 11) is 0. The second-order valence-corrected chi connectivity index (χ2v) is 8.88. The number of halogens is 3. The summed E-state index contributed by atoms with van der Waals surface area (Å²) in [5.41, 5.74) is 4.14. The van der Waals surface area contributed by atoms with Gasteiger partial charge in [-0.05, 0) is 74.5 Å². The topological polar surface area (TPSA) is 63.5 Å². The summed E-state index contributed by atoms with van der Waals surface area (Å²) in [5, 5.41) is 12.8. The Kier molecular flexibility index (Phi) is 7.21. The lowest BCUT2D eigenvalue weighted by Gasteiger charge is -2.18.